The monoisotopic (exact) mass is 448 g/mol. The summed E-state index contributed by atoms with van der Waals surface area (Å²) in [6.45, 7) is 2.76. The van der Waals surface area contributed by atoms with Crippen molar-refractivity contribution < 1.29 is 9.18 Å². The molecule has 0 radical (unpaired) electrons. The zero-order valence-electron chi connectivity index (χ0n) is 18.7. The highest BCUT2D eigenvalue weighted by Crippen LogP contribution is 2.29. The molecule has 1 atom stereocenters. The van der Waals surface area contributed by atoms with Crippen LogP contribution < -0.4 is 20.4 Å². The van der Waals surface area contributed by atoms with Gasteiger partial charge >= 0.3 is 0 Å². The molecule has 1 aromatic carbocycles. The normalized spacial score (nSPS) is 15.5. The van der Waals surface area contributed by atoms with Crippen molar-refractivity contribution in [1.82, 2.24) is 15.3 Å². The molecule has 0 unspecified atom stereocenters. The van der Waals surface area contributed by atoms with Gasteiger partial charge in [-0.3, -0.25) is 9.78 Å². The topological polar surface area (TPSA) is 73.4 Å². The number of halogens is 1. The van der Waals surface area contributed by atoms with Gasteiger partial charge in [0.25, 0.3) is 0 Å². The summed E-state index contributed by atoms with van der Waals surface area (Å²) in [5.74, 6) is 1.26. The third-order valence-electron chi connectivity index (χ3n) is 5.89. The molecule has 1 fully saturated rings. The molecular formula is C25H29FN6O. The Balaban J connectivity index is 1.56. The SMILES string of the molecule is CN[C@H]1CCN(c2ccc(N(C=O)Cc3cccnc3)c(NCCc3cccc(F)c3)n2)C1. The number of nitrogens with one attached hydrogen (secondary N) is 2. The number of hydrogen-bond donors (Lipinski definition) is 2. The minimum atomic E-state index is -0.245. The number of carbonyl (C=O) groups excluding carboxylic acids is 1. The van der Waals surface area contributed by atoms with Crippen LogP contribution in [0.4, 0.5) is 21.7 Å². The second kappa shape index (κ2) is 10.9. The van der Waals surface area contributed by atoms with Crippen molar-refractivity contribution in [2.75, 3.05) is 41.8 Å². The van der Waals surface area contributed by atoms with Crippen LogP contribution in [0.3, 0.4) is 0 Å². The summed E-state index contributed by atoms with van der Waals surface area (Å²) in [5.41, 5.74) is 2.52. The number of aromatic nitrogens is 2. The minimum Gasteiger partial charge on any atom is -0.368 e. The average Bonchev–Trinajstić information content (AvgIpc) is 3.33. The quantitative estimate of drug-likeness (QED) is 0.464. The summed E-state index contributed by atoms with van der Waals surface area (Å²) in [4.78, 5) is 24.9. The van der Waals surface area contributed by atoms with E-state index in [-0.39, 0.29) is 5.82 Å². The van der Waals surface area contributed by atoms with Crippen LogP contribution in [-0.4, -0.2) is 49.1 Å². The predicted octanol–water partition coefficient (Wildman–Crippen LogP) is 3.23. The number of likely N-dealkylation sites (N-methyl/N-ethyl adjacent to an activating group) is 1. The van der Waals surface area contributed by atoms with Gasteiger partial charge in [0.15, 0.2) is 5.82 Å². The molecular weight excluding hydrogens is 419 g/mol. The Morgan fingerprint density at radius 2 is 2.09 bits per heavy atom. The highest BCUT2D eigenvalue weighted by molar-refractivity contribution is 5.82. The number of amides is 1. The van der Waals surface area contributed by atoms with Gasteiger partial charge in [-0.2, -0.15) is 0 Å². The second-order valence-electron chi connectivity index (χ2n) is 8.16. The molecule has 7 nitrogen and oxygen atoms in total. The Bertz CT molecular complexity index is 1060. The van der Waals surface area contributed by atoms with Crippen LogP contribution in [-0.2, 0) is 17.8 Å². The van der Waals surface area contributed by atoms with Crippen molar-refractivity contribution in [3.8, 4) is 0 Å². The summed E-state index contributed by atoms with van der Waals surface area (Å²) >= 11 is 0. The molecule has 0 aliphatic carbocycles. The number of nitrogens with zero attached hydrogens (tertiary/aromatic N) is 4. The van der Waals surface area contributed by atoms with E-state index in [4.69, 9.17) is 4.98 Å². The lowest BCUT2D eigenvalue weighted by Crippen LogP contribution is -2.30. The fourth-order valence-electron chi connectivity index (χ4n) is 4.07. The summed E-state index contributed by atoms with van der Waals surface area (Å²) in [5, 5.41) is 6.70. The Morgan fingerprint density at radius 3 is 2.82 bits per heavy atom. The van der Waals surface area contributed by atoms with Crippen LogP contribution in [0.2, 0.25) is 0 Å². The lowest BCUT2D eigenvalue weighted by atomic mass is 10.1. The van der Waals surface area contributed by atoms with Gasteiger partial charge in [0, 0.05) is 38.1 Å². The Morgan fingerprint density at radius 1 is 1.21 bits per heavy atom. The van der Waals surface area contributed by atoms with Crippen molar-refractivity contribution in [2.24, 2.45) is 0 Å². The van der Waals surface area contributed by atoms with Gasteiger partial charge in [0.2, 0.25) is 6.41 Å². The van der Waals surface area contributed by atoms with E-state index in [1.807, 2.05) is 37.4 Å². The number of hydrogen-bond acceptors (Lipinski definition) is 6. The molecule has 172 valence electrons. The highest BCUT2D eigenvalue weighted by Gasteiger charge is 2.23. The largest absolute Gasteiger partial charge is 0.368 e. The highest BCUT2D eigenvalue weighted by atomic mass is 19.1. The summed E-state index contributed by atoms with van der Waals surface area (Å²) in [6, 6.07) is 14.7. The molecule has 0 saturated carbocycles. The first-order valence-corrected chi connectivity index (χ1v) is 11.2. The lowest BCUT2D eigenvalue weighted by molar-refractivity contribution is -0.107. The van der Waals surface area contributed by atoms with Crippen LogP contribution in [0.1, 0.15) is 17.5 Å². The molecule has 3 aromatic rings. The van der Waals surface area contributed by atoms with E-state index in [9.17, 15) is 9.18 Å². The van der Waals surface area contributed by atoms with Crippen LogP contribution >= 0.6 is 0 Å². The van der Waals surface area contributed by atoms with E-state index < -0.39 is 0 Å². The standard InChI is InChI=1S/C25H29FN6O/c1-27-22-10-13-31(17-22)24-8-7-23(32(18-33)16-20-5-3-11-28-15-20)25(30-24)29-12-9-19-4-2-6-21(26)14-19/h2-8,11,14-15,18,22,27H,9-10,12-13,16-17H2,1H3,(H,29,30)/t22-/m0/s1. The number of pyridine rings is 2. The third-order valence-corrected chi connectivity index (χ3v) is 5.89. The number of carbonyl (C=O) groups is 1. The van der Waals surface area contributed by atoms with Gasteiger partial charge in [-0.1, -0.05) is 18.2 Å². The van der Waals surface area contributed by atoms with E-state index in [0.717, 1.165) is 42.9 Å². The number of anilines is 3. The first-order chi connectivity index (χ1) is 16.2. The Kier molecular flexibility index (Phi) is 7.47. The van der Waals surface area contributed by atoms with Crippen LogP contribution in [0.15, 0.2) is 60.9 Å². The minimum absolute atomic E-state index is 0.245. The molecule has 1 amide bonds. The zero-order chi connectivity index (χ0) is 23.0. The fraction of sp³-hybridized carbons (Fsp3) is 0.320. The number of rotatable bonds is 10. The van der Waals surface area contributed by atoms with Gasteiger partial charge in [0.05, 0.1) is 12.2 Å². The van der Waals surface area contributed by atoms with Crippen molar-refractivity contribution in [3.63, 3.8) is 0 Å². The fourth-order valence-corrected chi connectivity index (χ4v) is 4.07. The maximum atomic E-state index is 13.5. The average molecular weight is 449 g/mol. The summed E-state index contributed by atoms with van der Waals surface area (Å²) in [7, 11) is 1.98. The molecule has 4 rings (SSSR count). The van der Waals surface area contributed by atoms with Gasteiger partial charge in [-0.05, 0) is 61.3 Å². The van der Waals surface area contributed by atoms with Crippen LogP contribution in [0.5, 0.6) is 0 Å². The lowest BCUT2D eigenvalue weighted by Gasteiger charge is -2.24. The van der Waals surface area contributed by atoms with Crippen molar-refractivity contribution in [2.45, 2.75) is 25.4 Å². The molecule has 33 heavy (non-hydrogen) atoms. The van der Waals surface area contributed by atoms with E-state index in [1.165, 1.54) is 12.1 Å². The third kappa shape index (κ3) is 5.84. The molecule has 1 aliphatic rings. The molecule has 2 aromatic heterocycles. The van der Waals surface area contributed by atoms with Gasteiger partial charge in [-0.15, -0.1) is 0 Å². The molecule has 1 aliphatic heterocycles. The number of benzene rings is 1. The van der Waals surface area contributed by atoms with Crippen molar-refractivity contribution in [3.05, 3.63) is 77.9 Å². The molecule has 8 heteroatoms. The summed E-state index contributed by atoms with van der Waals surface area (Å²) in [6.07, 6.45) is 5.97. The second-order valence-corrected chi connectivity index (χ2v) is 8.16. The predicted molar refractivity (Wildman–Crippen MR) is 129 cm³/mol. The zero-order valence-corrected chi connectivity index (χ0v) is 18.7. The van der Waals surface area contributed by atoms with Crippen molar-refractivity contribution in [1.29, 1.82) is 0 Å². The molecule has 0 bridgehead atoms. The van der Waals surface area contributed by atoms with Gasteiger partial charge < -0.3 is 20.4 Å². The Hall–Kier alpha value is -3.52. The van der Waals surface area contributed by atoms with Gasteiger partial charge in [-0.25, -0.2) is 9.37 Å². The maximum absolute atomic E-state index is 13.5. The van der Waals surface area contributed by atoms with Crippen LogP contribution in [0, 0.1) is 5.82 Å². The van der Waals surface area contributed by atoms with E-state index in [1.54, 1.807) is 23.4 Å². The molecule has 1 saturated heterocycles. The van der Waals surface area contributed by atoms with E-state index >= 15 is 0 Å². The Labute approximate surface area is 193 Å². The van der Waals surface area contributed by atoms with Crippen LogP contribution in [0.25, 0.3) is 0 Å². The van der Waals surface area contributed by atoms with Crippen molar-refractivity contribution >= 4 is 23.7 Å². The smallest absolute Gasteiger partial charge is 0.214 e. The summed E-state index contributed by atoms with van der Waals surface area (Å²) < 4.78 is 13.5. The maximum Gasteiger partial charge on any atom is 0.214 e. The van der Waals surface area contributed by atoms with Gasteiger partial charge in [0.1, 0.15) is 11.6 Å². The van der Waals surface area contributed by atoms with E-state index in [2.05, 4.69) is 20.5 Å². The molecule has 3 heterocycles. The molecule has 2 N–H and O–H groups in total. The van der Waals surface area contributed by atoms with E-state index in [0.29, 0.717) is 37.1 Å². The first kappa shape index (κ1) is 22.7. The molecule has 0 spiro atoms. The first-order valence-electron chi connectivity index (χ1n) is 11.2.